The number of aryl methyl sites for hydroxylation is 1. The molecule has 0 bridgehead atoms. The highest BCUT2D eigenvalue weighted by atomic mass is 35.5. The van der Waals surface area contributed by atoms with Crippen LogP contribution in [0.5, 0.6) is 11.5 Å². The number of benzene rings is 1. The van der Waals surface area contributed by atoms with E-state index in [9.17, 15) is 4.79 Å². The van der Waals surface area contributed by atoms with E-state index in [-0.39, 0.29) is 11.8 Å². The lowest BCUT2D eigenvalue weighted by molar-refractivity contribution is -0.120. The Bertz CT molecular complexity index is 732. The average Bonchev–Trinajstić information content (AvgIpc) is 3.03. The first-order valence-corrected chi connectivity index (χ1v) is 7.61. The fraction of sp³-hybridized carbons (Fsp3) is 0.400. The van der Waals surface area contributed by atoms with E-state index in [0.717, 1.165) is 24.2 Å². The van der Waals surface area contributed by atoms with Crippen molar-refractivity contribution < 1.29 is 14.3 Å². The monoisotopic (exact) mass is 336 g/mol. The Labute approximate surface area is 138 Å². The lowest BCUT2D eigenvalue weighted by Crippen LogP contribution is -2.28. The van der Waals surface area contributed by atoms with Crippen LogP contribution in [0, 0.1) is 5.92 Å². The van der Waals surface area contributed by atoms with E-state index in [2.05, 4.69) is 20.7 Å². The van der Waals surface area contributed by atoms with Gasteiger partial charge in [0.15, 0.2) is 0 Å². The van der Waals surface area contributed by atoms with Gasteiger partial charge in [0, 0.05) is 24.5 Å². The topological polar surface area (TPSA) is 89.1 Å². The first kappa shape index (κ1) is 15.6. The number of amides is 1. The van der Waals surface area contributed by atoms with Gasteiger partial charge in [-0.25, -0.2) is 0 Å². The summed E-state index contributed by atoms with van der Waals surface area (Å²) in [4.78, 5) is 12.6. The molecule has 1 unspecified atom stereocenters. The van der Waals surface area contributed by atoms with Crippen molar-refractivity contribution in [2.75, 3.05) is 19.5 Å². The summed E-state index contributed by atoms with van der Waals surface area (Å²) >= 11 is 6.07. The molecule has 1 aromatic carbocycles. The molecular formula is C15H17ClN4O3. The van der Waals surface area contributed by atoms with Crippen molar-refractivity contribution in [2.45, 2.75) is 19.3 Å². The highest BCUT2D eigenvalue weighted by molar-refractivity contribution is 6.32. The highest BCUT2D eigenvalue weighted by Crippen LogP contribution is 2.36. The lowest BCUT2D eigenvalue weighted by atomic mass is 9.89. The second-order valence-corrected chi connectivity index (χ2v) is 5.74. The van der Waals surface area contributed by atoms with Gasteiger partial charge >= 0.3 is 0 Å². The predicted octanol–water partition coefficient (Wildman–Crippen LogP) is 2.22. The average molecular weight is 337 g/mol. The Morgan fingerprint density at radius 3 is 2.74 bits per heavy atom. The van der Waals surface area contributed by atoms with Crippen LogP contribution < -0.4 is 14.8 Å². The zero-order valence-corrected chi connectivity index (χ0v) is 13.6. The van der Waals surface area contributed by atoms with Gasteiger partial charge in [0.2, 0.25) is 5.91 Å². The number of carbonyl (C=O) groups is 1. The summed E-state index contributed by atoms with van der Waals surface area (Å²) in [6.45, 7) is 0. The van der Waals surface area contributed by atoms with Crippen molar-refractivity contribution in [2.24, 2.45) is 5.92 Å². The molecule has 23 heavy (non-hydrogen) atoms. The quantitative estimate of drug-likeness (QED) is 0.893. The molecule has 0 fully saturated rings. The van der Waals surface area contributed by atoms with Gasteiger partial charge in [-0.3, -0.25) is 4.79 Å². The van der Waals surface area contributed by atoms with Crippen molar-refractivity contribution in [1.82, 2.24) is 15.4 Å². The number of carbonyl (C=O) groups excluding carboxylic acids is 1. The summed E-state index contributed by atoms with van der Waals surface area (Å²) in [7, 11) is 3.04. The fourth-order valence-electron chi connectivity index (χ4n) is 2.70. The molecule has 8 heteroatoms. The Kier molecular flexibility index (Phi) is 4.38. The standard InChI is InChI=1S/C15H17ClN4O3/c1-22-13-7-12(14(23-2)6-9(13)16)17-15(21)8-3-4-10-11(5-8)19-20-18-10/h6-8H,3-5H2,1-2H3,(H,17,21)(H,18,19,20). The number of rotatable bonds is 4. The second-order valence-electron chi connectivity index (χ2n) is 5.33. The number of fused-ring (bicyclic) bond motifs is 1. The smallest absolute Gasteiger partial charge is 0.227 e. The van der Waals surface area contributed by atoms with Crippen LogP contribution in [0.15, 0.2) is 12.1 Å². The Hall–Kier alpha value is -2.28. The number of hydrogen-bond acceptors (Lipinski definition) is 5. The molecule has 0 radical (unpaired) electrons. The van der Waals surface area contributed by atoms with Crippen LogP contribution in [0.4, 0.5) is 5.69 Å². The van der Waals surface area contributed by atoms with Crippen molar-refractivity contribution in [3.63, 3.8) is 0 Å². The van der Waals surface area contributed by atoms with Crippen molar-refractivity contribution >= 4 is 23.2 Å². The molecule has 122 valence electrons. The number of hydrogen-bond donors (Lipinski definition) is 2. The van der Waals surface area contributed by atoms with E-state index < -0.39 is 0 Å². The minimum atomic E-state index is -0.154. The molecule has 1 aromatic heterocycles. The summed E-state index contributed by atoms with van der Waals surface area (Å²) in [6, 6.07) is 3.27. The van der Waals surface area contributed by atoms with Gasteiger partial charge < -0.3 is 14.8 Å². The van der Waals surface area contributed by atoms with E-state index in [0.29, 0.717) is 28.6 Å². The molecule has 0 saturated carbocycles. The Morgan fingerprint density at radius 2 is 2.00 bits per heavy atom. The van der Waals surface area contributed by atoms with Crippen LogP contribution in [-0.2, 0) is 17.6 Å². The van der Waals surface area contributed by atoms with Crippen LogP contribution in [0.3, 0.4) is 0 Å². The SMILES string of the molecule is COc1cc(NC(=O)C2CCc3n[nH]nc3C2)c(OC)cc1Cl. The number of nitrogens with one attached hydrogen (secondary N) is 2. The predicted molar refractivity (Wildman–Crippen MR) is 85.1 cm³/mol. The van der Waals surface area contributed by atoms with Crippen LogP contribution in [0.25, 0.3) is 0 Å². The fourth-order valence-corrected chi connectivity index (χ4v) is 2.93. The largest absolute Gasteiger partial charge is 0.495 e. The number of H-pyrrole nitrogens is 1. The van der Waals surface area contributed by atoms with Crippen LogP contribution in [-0.4, -0.2) is 35.5 Å². The zero-order chi connectivity index (χ0) is 16.4. The molecule has 3 rings (SSSR count). The number of halogens is 1. The Morgan fingerprint density at radius 1 is 1.26 bits per heavy atom. The summed E-state index contributed by atoms with van der Waals surface area (Å²) < 4.78 is 10.5. The first-order chi connectivity index (χ1) is 11.1. The van der Waals surface area contributed by atoms with E-state index in [4.69, 9.17) is 21.1 Å². The molecule has 1 amide bonds. The molecule has 1 aliphatic carbocycles. The number of aromatic amines is 1. The van der Waals surface area contributed by atoms with Crippen LogP contribution in [0.1, 0.15) is 17.8 Å². The number of ether oxygens (including phenoxy) is 2. The van der Waals surface area contributed by atoms with Gasteiger partial charge in [-0.2, -0.15) is 15.4 Å². The number of nitrogens with zero attached hydrogens (tertiary/aromatic N) is 2. The minimum absolute atomic E-state index is 0.0821. The van der Waals surface area contributed by atoms with E-state index >= 15 is 0 Å². The minimum Gasteiger partial charge on any atom is -0.495 e. The Balaban J connectivity index is 1.78. The molecule has 2 aromatic rings. The molecule has 0 aliphatic heterocycles. The molecule has 0 saturated heterocycles. The van der Waals surface area contributed by atoms with Crippen LogP contribution >= 0.6 is 11.6 Å². The lowest BCUT2D eigenvalue weighted by Gasteiger charge is -2.20. The highest BCUT2D eigenvalue weighted by Gasteiger charge is 2.28. The van der Waals surface area contributed by atoms with Crippen molar-refractivity contribution in [3.05, 3.63) is 28.5 Å². The third-order valence-corrected chi connectivity index (χ3v) is 4.27. The normalized spacial score (nSPS) is 16.6. The van der Waals surface area contributed by atoms with Gasteiger partial charge in [-0.1, -0.05) is 11.6 Å². The molecule has 0 spiro atoms. The third kappa shape index (κ3) is 3.10. The maximum atomic E-state index is 12.6. The molecule has 1 aliphatic rings. The maximum absolute atomic E-state index is 12.6. The summed E-state index contributed by atoms with van der Waals surface area (Å²) in [5.41, 5.74) is 2.33. The summed E-state index contributed by atoms with van der Waals surface area (Å²) in [6.07, 6.45) is 2.05. The zero-order valence-electron chi connectivity index (χ0n) is 12.9. The maximum Gasteiger partial charge on any atom is 0.227 e. The molecular weight excluding hydrogens is 320 g/mol. The van der Waals surface area contributed by atoms with Gasteiger partial charge in [-0.05, 0) is 12.8 Å². The number of aromatic nitrogens is 3. The summed E-state index contributed by atoms with van der Waals surface area (Å²) in [5.74, 6) is 0.729. The van der Waals surface area contributed by atoms with Gasteiger partial charge in [0.05, 0.1) is 36.3 Å². The van der Waals surface area contributed by atoms with Crippen molar-refractivity contribution in [1.29, 1.82) is 0 Å². The first-order valence-electron chi connectivity index (χ1n) is 7.23. The molecule has 1 heterocycles. The van der Waals surface area contributed by atoms with E-state index in [1.54, 1.807) is 12.1 Å². The van der Waals surface area contributed by atoms with E-state index in [1.165, 1.54) is 14.2 Å². The second kappa shape index (κ2) is 6.45. The van der Waals surface area contributed by atoms with E-state index in [1.807, 2.05) is 0 Å². The summed E-state index contributed by atoms with van der Waals surface area (Å²) in [5, 5.41) is 14.1. The number of anilines is 1. The molecule has 7 nitrogen and oxygen atoms in total. The van der Waals surface area contributed by atoms with Gasteiger partial charge in [-0.15, -0.1) is 0 Å². The van der Waals surface area contributed by atoms with Gasteiger partial charge in [0.1, 0.15) is 11.5 Å². The van der Waals surface area contributed by atoms with Crippen molar-refractivity contribution in [3.8, 4) is 11.5 Å². The van der Waals surface area contributed by atoms with Crippen LogP contribution in [0.2, 0.25) is 5.02 Å². The molecule has 1 atom stereocenters. The number of methoxy groups -OCH3 is 2. The molecule has 2 N–H and O–H groups in total. The third-order valence-electron chi connectivity index (χ3n) is 3.97. The van der Waals surface area contributed by atoms with Gasteiger partial charge in [0.25, 0.3) is 0 Å².